The zero-order chi connectivity index (χ0) is 14.2. The molecule has 0 heterocycles. The molecule has 0 fully saturated rings. The van der Waals surface area contributed by atoms with Crippen LogP contribution in [0, 0.1) is 0 Å². The van der Waals surface area contributed by atoms with Crippen molar-refractivity contribution in [2.45, 2.75) is 25.7 Å². The van der Waals surface area contributed by atoms with Crippen LogP contribution in [0.5, 0.6) is 0 Å². The number of rotatable bonds is 7. The second-order valence-electron chi connectivity index (χ2n) is 5.01. The van der Waals surface area contributed by atoms with E-state index in [1.807, 2.05) is 12.1 Å². The second kappa shape index (κ2) is 8.08. The molecule has 0 radical (unpaired) electrons. The van der Waals surface area contributed by atoms with Gasteiger partial charge in [-0.2, -0.15) is 0 Å². The van der Waals surface area contributed by atoms with Gasteiger partial charge in [0.25, 0.3) is 0 Å². The van der Waals surface area contributed by atoms with Crippen LogP contribution in [0.2, 0.25) is 5.02 Å². The summed E-state index contributed by atoms with van der Waals surface area (Å²) in [6.45, 7) is 0.871. The molecule has 0 aliphatic rings. The molecule has 0 N–H and O–H groups in total. The second-order valence-corrected chi connectivity index (χ2v) is 5.44. The van der Waals surface area contributed by atoms with Crippen molar-refractivity contribution >= 4 is 11.6 Å². The van der Waals surface area contributed by atoms with E-state index in [2.05, 4.69) is 36.4 Å². The minimum absolute atomic E-state index is 0.779. The summed E-state index contributed by atoms with van der Waals surface area (Å²) >= 11 is 5.91. The molecular weight excluding hydrogens is 268 g/mol. The number of halogens is 1. The van der Waals surface area contributed by atoms with E-state index in [1.165, 1.54) is 29.5 Å². The Labute approximate surface area is 126 Å². The molecule has 2 aromatic carbocycles. The van der Waals surface area contributed by atoms with E-state index in [1.54, 1.807) is 7.11 Å². The Balaban J connectivity index is 1.88. The molecule has 2 rings (SSSR count). The van der Waals surface area contributed by atoms with Crippen molar-refractivity contribution in [3.05, 3.63) is 59.1 Å². The van der Waals surface area contributed by atoms with Gasteiger partial charge in [0.2, 0.25) is 0 Å². The molecular formula is C18H21ClO. The zero-order valence-corrected chi connectivity index (χ0v) is 12.7. The van der Waals surface area contributed by atoms with Crippen LogP contribution in [0.25, 0.3) is 11.1 Å². The Morgan fingerprint density at radius 2 is 1.40 bits per heavy atom. The predicted molar refractivity (Wildman–Crippen MR) is 86.3 cm³/mol. The Morgan fingerprint density at radius 1 is 0.800 bits per heavy atom. The highest BCUT2D eigenvalue weighted by atomic mass is 35.5. The standard InChI is InChI=1S/C18H21ClO/c1-20-14-4-2-3-5-15-6-8-16(9-7-15)17-10-12-18(19)13-11-17/h6-13H,2-5,14H2,1H3. The Bertz CT molecular complexity index is 502. The summed E-state index contributed by atoms with van der Waals surface area (Å²) in [6.07, 6.45) is 4.75. The first kappa shape index (κ1) is 15.1. The van der Waals surface area contributed by atoms with E-state index in [9.17, 15) is 0 Å². The fourth-order valence-corrected chi connectivity index (χ4v) is 2.38. The van der Waals surface area contributed by atoms with Crippen LogP contribution in [-0.2, 0) is 11.2 Å². The third kappa shape index (κ3) is 4.66. The van der Waals surface area contributed by atoms with Gasteiger partial charge in [0.1, 0.15) is 0 Å². The van der Waals surface area contributed by atoms with E-state index >= 15 is 0 Å². The topological polar surface area (TPSA) is 9.23 Å². The lowest BCUT2D eigenvalue weighted by atomic mass is 10.0. The molecule has 0 spiro atoms. The SMILES string of the molecule is COCCCCCc1ccc(-c2ccc(Cl)cc2)cc1. The van der Waals surface area contributed by atoms with Gasteiger partial charge in [-0.05, 0) is 48.1 Å². The molecule has 0 atom stereocenters. The van der Waals surface area contributed by atoms with Crippen molar-refractivity contribution in [2.24, 2.45) is 0 Å². The Kier molecular flexibility index (Phi) is 6.10. The summed E-state index contributed by atoms with van der Waals surface area (Å²) in [5.74, 6) is 0. The van der Waals surface area contributed by atoms with E-state index in [4.69, 9.17) is 16.3 Å². The molecule has 0 amide bonds. The quantitative estimate of drug-likeness (QED) is 0.623. The number of methoxy groups -OCH3 is 1. The minimum atomic E-state index is 0.779. The fourth-order valence-electron chi connectivity index (χ4n) is 2.26. The molecule has 0 aromatic heterocycles. The van der Waals surface area contributed by atoms with Crippen LogP contribution in [0.3, 0.4) is 0 Å². The first-order chi connectivity index (χ1) is 9.79. The molecule has 0 aliphatic heterocycles. The molecule has 20 heavy (non-hydrogen) atoms. The van der Waals surface area contributed by atoms with Crippen LogP contribution in [0.1, 0.15) is 24.8 Å². The highest BCUT2D eigenvalue weighted by molar-refractivity contribution is 6.30. The number of ether oxygens (including phenoxy) is 1. The molecule has 2 aromatic rings. The van der Waals surface area contributed by atoms with Gasteiger partial charge in [-0.1, -0.05) is 54.4 Å². The van der Waals surface area contributed by atoms with Crippen LogP contribution < -0.4 is 0 Å². The summed E-state index contributed by atoms with van der Waals surface area (Å²) in [5, 5.41) is 0.779. The maximum Gasteiger partial charge on any atom is 0.0462 e. The number of hydrogen-bond acceptors (Lipinski definition) is 1. The Morgan fingerprint density at radius 3 is 2.00 bits per heavy atom. The molecule has 0 saturated heterocycles. The van der Waals surface area contributed by atoms with Gasteiger partial charge in [0.05, 0.1) is 0 Å². The van der Waals surface area contributed by atoms with Gasteiger partial charge in [0, 0.05) is 18.7 Å². The van der Waals surface area contributed by atoms with Gasteiger partial charge >= 0.3 is 0 Å². The molecule has 0 unspecified atom stereocenters. The zero-order valence-electron chi connectivity index (χ0n) is 11.9. The number of aryl methyl sites for hydroxylation is 1. The van der Waals surface area contributed by atoms with E-state index in [-0.39, 0.29) is 0 Å². The first-order valence-electron chi connectivity index (χ1n) is 7.13. The number of unbranched alkanes of at least 4 members (excludes halogenated alkanes) is 2. The number of benzene rings is 2. The lowest BCUT2D eigenvalue weighted by Crippen LogP contribution is -1.90. The normalized spacial score (nSPS) is 10.7. The summed E-state index contributed by atoms with van der Waals surface area (Å²) in [4.78, 5) is 0. The van der Waals surface area contributed by atoms with Crippen molar-refractivity contribution in [3.8, 4) is 11.1 Å². The molecule has 0 bridgehead atoms. The molecule has 1 nitrogen and oxygen atoms in total. The number of hydrogen-bond donors (Lipinski definition) is 0. The fraction of sp³-hybridized carbons (Fsp3) is 0.333. The largest absolute Gasteiger partial charge is 0.385 e. The van der Waals surface area contributed by atoms with Crippen LogP contribution in [-0.4, -0.2) is 13.7 Å². The summed E-state index contributed by atoms with van der Waals surface area (Å²) < 4.78 is 5.06. The lowest BCUT2D eigenvalue weighted by molar-refractivity contribution is 0.192. The molecule has 0 saturated carbocycles. The van der Waals surface area contributed by atoms with Gasteiger partial charge in [-0.15, -0.1) is 0 Å². The van der Waals surface area contributed by atoms with Gasteiger partial charge < -0.3 is 4.74 Å². The Hall–Kier alpha value is -1.31. The first-order valence-corrected chi connectivity index (χ1v) is 7.51. The summed E-state index contributed by atoms with van der Waals surface area (Å²) in [6, 6.07) is 16.8. The smallest absolute Gasteiger partial charge is 0.0462 e. The van der Waals surface area contributed by atoms with Crippen molar-refractivity contribution in [3.63, 3.8) is 0 Å². The van der Waals surface area contributed by atoms with E-state index in [0.717, 1.165) is 24.5 Å². The van der Waals surface area contributed by atoms with Crippen LogP contribution in [0.4, 0.5) is 0 Å². The third-order valence-corrected chi connectivity index (χ3v) is 3.70. The van der Waals surface area contributed by atoms with Crippen molar-refractivity contribution in [1.82, 2.24) is 0 Å². The van der Waals surface area contributed by atoms with Gasteiger partial charge in [0.15, 0.2) is 0 Å². The van der Waals surface area contributed by atoms with Crippen LogP contribution >= 0.6 is 11.6 Å². The maximum atomic E-state index is 5.91. The van der Waals surface area contributed by atoms with Crippen molar-refractivity contribution in [2.75, 3.05) is 13.7 Å². The lowest BCUT2D eigenvalue weighted by Gasteiger charge is -2.05. The summed E-state index contributed by atoms with van der Waals surface area (Å²) in [5.41, 5.74) is 3.85. The van der Waals surface area contributed by atoms with E-state index in [0.29, 0.717) is 0 Å². The minimum Gasteiger partial charge on any atom is -0.385 e. The average molecular weight is 289 g/mol. The third-order valence-electron chi connectivity index (χ3n) is 3.45. The van der Waals surface area contributed by atoms with Crippen molar-refractivity contribution in [1.29, 1.82) is 0 Å². The van der Waals surface area contributed by atoms with Gasteiger partial charge in [-0.3, -0.25) is 0 Å². The molecule has 106 valence electrons. The van der Waals surface area contributed by atoms with Gasteiger partial charge in [-0.25, -0.2) is 0 Å². The summed E-state index contributed by atoms with van der Waals surface area (Å²) in [7, 11) is 1.76. The van der Waals surface area contributed by atoms with Crippen molar-refractivity contribution < 1.29 is 4.74 Å². The van der Waals surface area contributed by atoms with Crippen LogP contribution in [0.15, 0.2) is 48.5 Å². The maximum absolute atomic E-state index is 5.91. The predicted octanol–water partition coefficient (Wildman–Crippen LogP) is 5.37. The monoisotopic (exact) mass is 288 g/mol. The molecule has 0 aliphatic carbocycles. The average Bonchev–Trinajstić information content (AvgIpc) is 2.49. The molecule has 2 heteroatoms. The highest BCUT2D eigenvalue weighted by Gasteiger charge is 1.99. The van der Waals surface area contributed by atoms with E-state index < -0.39 is 0 Å². The highest BCUT2D eigenvalue weighted by Crippen LogP contribution is 2.22.